The Bertz CT molecular complexity index is 585. The smallest absolute Gasteiger partial charge is 0.191 e. The molecule has 2 aromatic rings. The van der Waals surface area contributed by atoms with Gasteiger partial charge in [0, 0.05) is 39.6 Å². The average Bonchev–Trinajstić information content (AvgIpc) is 2.99. The standard InChI is InChI=1S/C16H23N5O.HI/c1-17-16(19-9-11-22-2)20-12-15-18-8-10-21(15)13-14-6-4-3-5-7-14;/h3-8,10H,9,11-13H2,1-2H3,(H2,17,19,20);1H. The summed E-state index contributed by atoms with van der Waals surface area (Å²) in [6.45, 7) is 2.79. The molecule has 23 heavy (non-hydrogen) atoms. The largest absolute Gasteiger partial charge is 0.383 e. The number of methoxy groups -OCH3 is 1. The Kier molecular flexibility index (Phi) is 9.30. The summed E-state index contributed by atoms with van der Waals surface area (Å²) in [5.74, 6) is 1.71. The van der Waals surface area contributed by atoms with Crippen LogP contribution in [0.4, 0.5) is 0 Å². The van der Waals surface area contributed by atoms with Crippen molar-refractivity contribution in [2.24, 2.45) is 4.99 Å². The number of aliphatic imine (C=N–C) groups is 1. The van der Waals surface area contributed by atoms with Crippen LogP contribution in [-0.4, -0.2) is 42.8 Å². The van der Waals surface area contributed by atoms with Crippen molar-refractivity contribution in [2.75, 3.05) is 27.3 Å². The summed E-state index contributed by atoms with van der Waals surface area (Å²) in [7, 11) is 3.43. The first-order valence-electron chi connectivity index (χ1n) is 7.31. The van der Waals surface area contributed by atoms with Gasteiger partial charge in [-0.3, -0.25) is 4.99 Å². The number of aromatic nitrogens is 2. The van der Waals surface area contributed by atoms with E-state index in [0.717, 1.165) is 18.3 Å². The van der Waals surface area contributed by atoms with Gasteiger partial charge in [0.2, 0.25) is 0 Å². The maximum absolute atomic E-state index is 5.01. The average molecular weight is 429 g/mol. The van der Waals surface area contributed by atoms with Crippen LogP contribution in [0.1, 0.15) is 11.4 Å². The van der Waals surface area contributed by atoms with E-state index in [9.17, 15) is 0 Å². The molecule has 0 aliphatic carbocycles. The zero-order chi connectivity index (χ0) is 15.6. The SMILES string of the molecule is CN=C(NCCOC)NCc1nccn1Cc1ccccc1.I. The van der Waals surface area contributed by atoms with E-state index < -0.39 is 0 Å². The second-order valence-corrected chi connectivity index (χ2v) is 4.80. The van der Waals surface area contributed by atoms with E-state index in [0.29, 0.717) is 19.7 Å². The van der Waals surface area contributed by atoms with Gasteiger partial charge >= 0.3 is 0 Å². The first-order valence-corrected chi connectivity index (χ1v) is 7.31. The quantitative estimate of drug-likeness (QED) is 0.305. The van der Waals surface area contributed by atoms with Gasteiger partial charge in [-0.15, -0.1) is 24.0 Å². The van der Waals surface area contributed by atoms with Gasteiger partial charge in [0.25, 0.3) is 0 Å². The molecule has 1 heterocycles. The Labute approximate surface area is 154 Å². The maximum Gasteiger partial charge on any atom is 0.191 e. The lowest BCUT2D eigenvalue weighted by Crippen LogP contribution is -2.38. The molecule has 126 valence electrons. The van der Waals surface area contributed by atoms with Gasteiger partial charge in [-0.05, 0) is 5.56 Å². The molecule has 0 saturated heterocycles. The molecular weight excluding hydrogens is 405 g/mol. The molecule has 0 atom stereocenters. The Morgan fingerprint density at radius 2 is 2.04 bits per heavy atom. The fourth-order valence-electron chi connectivity index (χ4n) is 2.09. The molecule has 2 rings (SSSR count). The lowest BCUT2D eigenvalue weighted by Gasteiger charge is -2.12. The Morgan fingerprint density at radius 3 is 2.74 bits per heavy atom. The molecule has 7 heteroatoms. The minimum Gasteiger partial charge on any atom is -0.383 e. The molecule has 0 aliphatic rings. The van der Waals surface area contributed by atoms with E-state index in [-0.39, 0.29) is 24.0 Å². The number of hydrogen-bond acceptors (Lipinski definition) is 3. The number of nitrogens with zero attached hydrogens (tertiary/aromatic N) is 3. The van der Waals surface area contributed by atoms with Crippen molar-refractivity contribution >= 4 is 29.9 Å². The first kappa shape index (κ1) is 19.4. The highest BCUT2D eigenvalue weighted by atomic mass is 127. The first-order chi connectivity index (χ1) is 10.8. The fraction of sp³-hybridized carbons (Fsp3) is 0.375. The number of ether oxygens (including phenoxy) is 1. The van der Waals surface area contributed by atoms with Crippen molar-refractivity contribution in [1.82, 2.24) is 20.2 Å². The highest BCUT2D eigenvalue weighted by Gasteiger charge is 2.05. The zero-order valence-corrected chi connectivity index (χ0v) is 15.9. The second kappa shape index (κ2) is 11.0. The molecule has 0 fully saturated rings. The molecule has 0 unspecified atom stereocenters. The van der Waals surface area contributed by atoms with Gasteiger partial charge in [-0.25, -0.2) is 4.98 Å². The van der Waals surface area contributed by atoms with E-state index in [4.69, 9.17) is 4.74 Å². The van der Waals surface area contributed by atoms with Crippen LogP contribution in [0.15, 0.2) is 47.7 Å². The van der Waals surface area contributed by atoms with E-state index in [1.54, 1.807) is 14.2 Å². The molecule has 0 bridgehead atoms. The molecular formula is C16H24IN5O. The number of guanidine groups is 1. The summed E-state index contributed by atoms with van der Waals surface area (Å²) in [6, 6.07) is 10.3. The predicted molar refractivity (Wildman–Crippen MR) is 103 cm³/mol. The minimum atomic E-state index is 0. The highest BCUT2D eigenvalue weighted by molar-refractivity contribution is 14.0. The molecule has 0 spiro atoms. The van der Waals surface area contributed by atoms with Gasteiger partial charge in [0.05, 0.1) is 13.2 Å². The monoisotopic (exact) mass is 429 g/mol. The van der Waals surface area contributed by atoms with Crippen molar-refractivity contribution in [2.45, 2.75) is 13.1 Å². The summed E-state index contributed by atoms with van der Waals surface area (Å²) in [6.07, 6.45) is 3.81. The molecule has 0 radical (unpaired) electrons. The van der Waals surface area contributed by atoms with E-state index >= 15 is 0 Å². The molecule has 1 aromatic heterocycles. The van der Waals surface area contributed by atoms with Crippen LogP contribution >= 0.6 is 24.0 Å². The second-order valence-electron chi connectivity index (χ2n) is 4.80. The highest BCUT2D eigenvalue weighted by Crippen LogP contribution is 2.05. The molecule has 0 saturated carbocycles. The number of rotatable bonds is 7. The molecule has 6 nitrogen and oxygen atoms in total. The van der Waals surface area contributed by atoms with Crippen molar-refractivity contribution in [1.29, 1.82) is 0 Å². The van der Waals surface area contributed by atoms with Crippen molar-refractivity contribution in [3.63, 3.8) is 0 Å². The topological polar surface area (TPSA) is 63.5 Å². The summed E-state index contributed by atoms with van der Waals surface area (Å²) in [4.78, 5) is 8.58. The van der Waals surface area contributed by atoms with Crippen LogP contribution < -0.4 is 10.6 Å². The number of nitrogens with one attached hydrogen (secondary N) is 2. The van der Waals surface area contributed by atoms with Crippen LogP contribution in [0.5, 0.6) is 0 Å². The predicted octanol–water partition coefficient (Wildman–Crippen LogP) is 1.86. The van der Waals surface area contributed by atoms with Gasteiger partial charge in [-0.2, -0.15) is 0 Å². The van der Waals surface area contributed by atoms with E-state index in [1.165, 1.54) is 5.56 Å². The van der Waals surface area contributed by atoms with Crippen LogP contribution in [0, 0.1) is 0 Å². The maximum atomic E-state index is 5.01. The number of imidazole rings is 1. The third-order valence-corrected chi connectivity index (χ3v) is 3.23. The van der Waals surface area contributed by atoms with Crippen LogP contribution in [0.25, 0.3) is 0 Å². The normalized spacial score (nSPS) is 11.0. The van der Waals surface area contributed by atoms with E-state index in [1.807, 2.05) is 30.6 Å². The molecule has 2 N–H and O–H groups in total. The molecule has 0 aliphatic heterocycles. The third-order valence-electron chi connectivity index (χ3n) is 3.23. The van der Waals surface area contributed by atoms with Gasteiger partial charge < -0.3 is 19.9 Å². The van der Waals surface area contributed by atoms with E-state index in [2.05, 4.69) is 37.3 Å². The third kappa shape index (κ3) is 6.57. The van der Waals surface area contributed by atoms with Crippen LogP contribution in [0.2, 0.25) is 0 Å². The zero-order valence-electron chi connectivity index (χ0n) is 13.5. The number of halogens is 1. The Hall–Kier alpha value is -1.61. The minimum absolute atomic E-state index is 0. The lowest BCUT2D eigenvalue weighted by molar-refractivity contribution is 0.203. The van der Waals surface area contributed by atoms with Gasteiger partial charge in [-0.1, -0.05) is 30.3 Å². The van der Waals surface area contributed by atoms with Crippen LogP contribution in [-0.2, 0) is 17.8 Å². The Balaban J connectivity index is 0.00000264. The number of hydrogen-bond donors (Lipinski definition) is 2. The van der Waals surface area contributed by atoms with Crippen molar-refractivity contribution < 1.29 is 4.74 Å². The summed E-state index contributed by atoms with van der Waals surface area (Å²) >= 11 is 0. The van der Waals surface area contributed by atoms with Crippen LogP contribution in [0.3, 0.4) is 0 Å². The summed E-state index contributed by atoms with van der Waals surface area (Å²) in [5, 5.41) is 6.44. The lowest BCUT2D eigenvalue weighted by atomic mass is 10.2. The number of benzene rings is 1. The summed E-state index contributed by atoms with van der Waals surface area (Å²) < 4.78 is 7.14. The van der Waals surface area contributed by atoms with Gasteiger partial charge in [0.1, 0.15) is 5.82 Å². The van der Waals surface area contributed by atoms with Crippen molar-refractivity contribution in [3.8, 4) is 0 Å². The van der Waals surface area contributed by atoms with Gasteiger partial charge in [0.15, 0.2) is 5.96 Å². The molecule has 1 aromatic carbocycles. The summed E-state index contributed by atoms with van der Waals surface area (Å²) in [5.41, 5.74) is 1.25. The van der Waals surface area contributed by atoms with Crippen molar-refractivity contribution in [3.05, 3.63) is 54.1 Å². The fourth-order valence-corrected chi connectivity index (χ4v) is 2.09. The Morgan fingerprint density at radius 1 is 1.26 bits per heavy atom. The molecule has 0 amide bonds.